The Kier molecular flexibility index (Phi) is 4.18. The largest absolute Gasteiger partial charge is 0.338 e. The number of aromatic nitrogens is 4. The van der Waals surface area contributed by atoms with Crippen molar-refractivity contribution < 1.29 is 4.79 Å². The number of amides is 1. The molecule has 2 heterocycles. The molecule has 7 nitrogen and oxygen atoms in total. The normalized spacial score (nSPS) is 10.8. The van der Waals surface area contributed by atoms with E-state index in [0.29, 0.717) is 29.7 Å². The Bertz CT molecular complexity index is 870. The van der Waals surface area contributed by atoms with Gasteiger partial charge in [0.25, 0.3) is 5.56 Å². The van der Waals surface area contributed by atoms with Crippen molar-refractivity contribution >= 4 is 16.8 Å². The highest BCUT2D eigenvalue weighted by atomic mass is 16.2. The quantitative estimate of drug-likeness (QED) is 0.766. The fourth-order valence-corrected chi connectivity index (χ4v) is 2.36. The maximum Gasteiger partial charge on any atom is 0.258 e. The average molecular weight is 311 g/mol. The fourth-order valence-electron chi connectivity index (χ4n) is 2.36. The molecule has 2 aromatic heterocycles. The highest BCUT2D eigenvalue weighted by Crippen LogP contribution is 2.07. The standard InChI is InChI=1S/C16H17N5O2/c1-20(15(22)6-8-21-9-7-17-11-21)10-14-18-13-5-3-2-4-12(13)16(23)19-14/h2-5,7,9,11H,6,8,10H2,1H3,(H,18,19,23). The first-order valence-electron chi connectivity index (χ1n) is 7.31. The first-order valence-corrected chi connectivity index (χ1v) is 7.31. The maximum absolute atomic E-state index is 12.2. The van der Waals surface area contributed by atoms with Crippen LogP contribution in [0, 0.1) is 0 Å². The summed E-state index contributed by atoms with van der Waals surface area (Å²) in [4.78, 5) is 36.8. The molecule has 3 rings (SSSR count). The Labute approximate surface area is 132 Å². The number of aryl methyl sites for hydroxylation is 1. The summed E-state index contributed by atoms with van der Waals surface area (Å²) < 4.78 is 1.85. The highest BCUT2D eigenvalue weighted by molar-refractivity contribution is 5.77. The van der Waals surface area contributed by atoms with Crippen LogP contribution in [0.5, 0.6) is 0 Å². The first kappa shape index (κ1) is 15.0. The van der Waals surface area contributed by atoms with Crippen LogP contribution in [0.3, 0.4) is 0 Å². The molecule has 3 aromatic rings. The van der Waals surface area contributed by atoms with E-state index in [2.05, 4.69) is 15.0 Å². The molecule has 1 aromatic carbocycles. The summed E-state index contributed by atoms with van der Waals surface area (Å²) in [5, 5.41) is 0.547. The number of benzene rings is 1. The minimum absolute atomic E-state index is 0.0190. The first-order chi connectivity index (χ1) is 11.1. The number of fused-ring (bicyclic) bond motifs is 1. The number of aromatic amines is 1. The Morgan fingerprint density at radius 3 is 2.96 bits per heavy atom. The smallest absolute Gasteiger partial charge is 0.258 e. The van der Waals surface area contributed by atoms with Gasteiger partial charge >= 0.3 is 0 Å². The molecule has 118 valence electrons. The molecule has 0 unspecified atom stereocenters. The van der Waals surface area contributed by atoms with Gasteiger partial charge in [0.15, 0.2) is 0 Å². The van der Waals surface area contributed by atoms with Crippen LogP contribution in [0.1, 0.15) is 12.2 Å². The van der Waals surface area contributed by atoms with E-state index in [-0.39, 0.29) is 18.0 Å². The number of imidazole rings is 1. The summed E-state index contributed by atoms with van der Waals surface area (Å²) in [5.74, 6) is 0.460. The number of carbonyl (C=O) groups excluding carboxylic acids is 1. The van der Waals surface area contributed by atoms with Crippen LogP contribution in [-0.4, -0.2) is 37.4 Å². The zero-order valence-corrected chi connectivity index (χ0v) is 12.8. The third kappa shape index (κ3) is 3.45. The summed E-state index contributed by atoms with van der Waals surface area (Å²) in [6.07, 6.45) is 5.54. The second-order valence-corrected chi connectivity index (χ2v) is 5.33. The molecule has 0 atom stereocenters. The van der Waals surface area contributed by atoms with Gasteiger partial charge in [-0.1, -0.05) is 12.1 Å². The van der Waals surface area contributed by atoms with Gasteiger partial charge in [0.05, 0.1) is 23.8 Å². The molecule has 0 radical (unpaired) electrons. The summed E-state index contributed by atoms with van der Waals surface area (Å²) in [6.45, 7) is 0.841. The van der Waals surface area contributed by atoms with Crippen LogP contribution >= 0.6 is 0 Å². The van der Waals surface area contributed by atoms with Crippen LogP contribution in [0.2, 0.25) is 0 Å². The van der Waals surface area contributed by atoms with Crippen molar-refractivity contribution in [1.82, 2.24) is 24.4 Å². The molecule has 23 heavy (non-hydrogen) atoms. The predicted octanol–water partition coefficient (Wildman–Crippen LogP) is 1.17. The number of para-hydroxylation sites is 1. The van der Waals surface area contributed by atoms with Gasteiger partial charge in [0.2, 0.25) is 5.91 Å². The third-order valence-corrected chi connectivity index (χ3v) is 3.62. The third-order valence-electron chi connectivity index (χ3n) is 3.62. The molecular weight excluding hydrogens is 294 g/mol. The lowest BCUT2D eigenvalue weighted by molar-refractivity contribution is -0.130. The number of rotatable bonds is 5. The van der Waals surface area contributed by atoms with Crippen molar-refractivity contribution in [2.45, 2.75) is 19.5 Å². The molecule has 0 saturated heterocycles. The topological polar surface area (TPSA) is 83.9 Å². The van der Waals surface area contributed by atoms with Gasteiger partial charge in [-0.15, -0.1) is 0 Å². The van der Waals surface area contributed by atoms with E-state index >= 15 is 0 Å². The van der Waals surface area contributed by atoms with E-state index in [4.69, 9.17) is 0 Å². The summed E-state index contributed by atoms with van der Waals surface area (Å²) in [7, 11) is 1.70. The molecular formula is C16H17N5O2. The molecule has 0 saturated carbocycles. The number of H-pyrrole nitrogens is 1. The van der Waals surface area contributed by atoms with Crippen molar-refractivity contribution in [2.24, 2.45) is 0 Å². The van der Waals surface area contributed by atoms with Crippen LogP contribution in [0.15, 0.2) is 47.8 Å². The number of nitrogens with zero attached hydrogens (tertiary/aromatic N) is 4. The second kappa shape index (κ2) is 6.43. The van der Waals surface area contributed by atoms with Crippen LogP contribution in [-0.2, 0) is 17.9 Å². The van der Waals surface area contributed by atoms with Crippen LogP contribution in [0.25, 0.3) is 10.9 Å². The number of hydrogen-bond donors (Lipinski definition) is 1. The van der Waals surface area contributed by atoms with Gasteiger partial charge in [-0.25, -0.2) is 9.97 Å². The van der Waals surface area contributed by atoms with E-state index in [1.165, 1.54) is 0 Å². The van der Waals surface area contributed by atoms with E-state index in [1.54, 1.807) is 42.7 Å². The highest BCUT2D eigenvalue weighted by Gasteiger charge is 2.11. The van der Waals surface area contributed by atoms with Gasteiger partial charge in [0, 0.05) is 32.4 Å². The zero-order valence-electron chi connectivity index (χ0n) is 12.8. The summed E-state index contributed by atoms with van der Waals surface area (Å²) in [5.41, 5.74) is 0.440. The molecule has 0 aliphatic carbocycles. The average Bonchev–Trinajstić information content (AvgIpc) is 3.06. The van der Waals surface area contributed by atoms with E-state index in [9.17, 15) is 9.59 Å². The van der Waals surface area contributed by atoms with Gasteiger partial charge in [-0.3, -0.25) is 9.59 Å². The Balaban J connectivity index is 1.68. The zero-order chi connectivity index (χ0) is 16.2. The van der Waals surface area contributed by atoms with E-state index in [1.807, 2.05) is 16.8 Å². The fraction of sp³-hybridized carbons (Fsp3) is 0.250. The minimum Gasteiger partial charge on any atom is -0.338 e. The van der Waals surface area contributed by atoms with Gasteiger partial charge in [0.1, 0.15) is 5.82 Å². The second-order valence-electron chi connectivity index (χ2n) is 5.33. The van der Waals surface area contributed by atoms with Crippen LogP contribution < -0.4 is 5.56 Å². The van der Waals surface area contributed by atoms with Gasteiger partial charge in [-0.05, 0) is 12.1 Å². The van der Waals surface area contributed by atoms with Crippen molar-refractivity contribution in [3.8, 4) is 0 Å². The lowest BCUT2D eigenvalue weighted by Crippen LogP contribution is -2.29. The molecule has 1 N–H and O–H groups in total. The number of nitrogens with one attached hydrogen (secondary N) is 1. The molecule has 0 spiro atoms. The van der Waals surface area contributed by atoms with E-state index < -0.39 is 0 Å². The molecule has 0 aliphatic rings. The molecule has 0 bridgehead atoms. The lowest BCUT2D eigenvalue weighted by Gasteiger charge is -2.16. The van der Waals surface area contributed by atoms with Crippen LogP contribution in [0.4, 0.5) is 0 Å². The van der Waals surface area contributed by atoms with Gasteiger partial charge < -0.3 is 14.5 Å². The maximum atomic E-state index is 12.2. The Morgan fingerprint density at radius 2 is 2.17 bits per heavy atom. The van der Waals surface area contributed by atoms with Crippen molar-refractivity contribution in [2.75, 3.05) is 7.05 Å². The van der Waals surface area contributed by atoms with Crippen molar-refractivity contribution in [1.29, 1.82) is 0 Å². The Hall–Kier alpha value is -2.96. The summed E-state index contributed by atoms with van der Waals surface area (Å²) >= 11 is 0. The molecule has 7 heteroatoms. The molecule has 0 aliphatic heterocycles. The molecule has 1 amide bonds. The minimum atomic E-state index is -0.190. The lowest BCUT2D eigenvalue weighted by atomic mass is 10.2. The van der Waals surface area contributed by atoms with Gasteiger partial charge in [-0.2, -0.15) is 0 Å². The Morgan fingerprint density at radius 1 is 1.35 bits per heavy atom. The molecule has 0 fully saturated rings. The number of hydrogen-bond acceptors (Lipinski definition) is 4. The summed E-state index contributed by atoms with van der Waals surface area (Å²) in [6, 6.07) is 7.14. The number of carbonyl (C=O) groups is 1. The SMILES string of the molecule is CN(Cc1nc2ccccc2c(=O)[nH]1)C(=O)CCn1ccnc1. The van der Waals surface area contributed by atoms with E-state index in [0.717, 1.165) is 0 Å². The monoisotopic (exact) mass is 311 g/mol. The van der Waals surface area contributed by atoms with Crippen molar-refractivity contribution in [3.05, 3.63) is 59.2 Å². The predicted molar refractivity (Wildman–Crippen MR) is 85.7 cm³/mol. The van der Waals surface area contributed by atoms with Crippen molar-refractivity contribution in [3.63, 3.8) is 0 Å².